The molecule has 3 heterocycles. The van der Waals surface area contributed by atoms with Crippen molar-refractivity contribution in [1.29, 1.82) is 0 Å². The number of carbonyl (C=O) groups is 1. The highest BCUT2D eigenvalue weighted by Gasteiger charge is 2.21. The van der Waals surface area contributed by atoms with E-state index in [1.54, 1.807) is 29.6 Å². The summed E-state index contributed by atoms with van der Waals surface area (Å²) in [6.45, 7) is 0. The van der Waals surface area contributed by atoms with E-state index in [1.165, 1.54) is 35.7 Å². The van der Waals surface area contributed by atoms with E-state index in [-0.39, 0.29) is 15.9 Å². The molecule has 0 aliphatic carbocycles. The van der Waals surface area contributed by atoms with Crippen molar-refractivity contribution >= 4 is 55.8 Å². The molecule has 3 N–H and O–H groups in total. The van der Waals surface area contributed by atoms with Crippen LogP contribution in [0.2, 0.25) is 0 Å². The van der Waals surface area contributed by atoms with Gasteiger partial charge in [0.2, 0.25) is 0 Å². The lowest BCUT2D eigenvalue weighted by atomic mass is 10.2. The first-order valence-electron chi connectivity index (χ1n) is 7.87. The normalized spacial score (nSPS) is 15.5. The number of thiazole rings is 1. The predicted octanol–water partition coefficient (Wildman–Crippen LogP) is 2.55. The third-order valence-electron chi connectivity index (χ3n) is 3.74. The summed E-state index contributed by atoms with van der Waals surface area (Å²) in [6, 6.07) is 9.68. The molecule has 142 valence electrons. The van der Waals surface area contributed by atoms with E-state index in [0.29, 0.717) is 27.9 Å². The van der Waals surface area contributed by atoms with E-state index in [1.807, 2.05) is 0 Å². The fourth-order valence-corrected chi connectivity index (χ4v) is 4.45. The van der Waals surface area contributed by atoms with E-state index in [4.69, 9.17) is 16.6 Å². The van der Waals surface area contributed by atoms with Crippen molar-refractivity contribution in [3.63, 3.8) is 0 Å². The molecule has 1 amide bonds. The van der Waals surface area contributed by atoms with Gasteiger partial charge in [0.05, 0.1) is 4.90 Å². The Labute approximate surface area is 169 Å². The summed E-state index contributed by atoms with van der Waals surface area (Å²) in [6.07, 6.45) is 3.06. The van der Waals surface area contributed by atoms with Crippen molar-refractivity contribution < 1.29 is 17.6 Å². The first kappa shape index (κ1) is 18.3. The number of hydrogen-bond acceptors (Lipinski definition) is 7. The number of rotatable bonds is 5. The van der Waals surface area contributed by atoms with E-state index in [9.17, 15) is 13.2 Å². The van der Waals surface area contributed by atoms with Crippen LogP contribution >= 0.6 is 23.6 Å². The summed E-state index contributed by atoms with van der Waals surface area (Å²) < 4.78 is 32.9. The smallest absolute Gasteiger partial charge is 0.274 e. The van der Waals surface area contributed by atoms with Crippen molar-refractivity contribution in [3.8, 4) is 11.3 Å². The minimum Gasteiger partial charge on any atom is -0.457 e. The van der Waals surface area contributed by atoms with E-state index in [0.717, 1.165) is 0 Å². The van der Waals surface area contributed by atoms with Gasteiger partial charge in [-0.1, -0.05) is 0 Å². The molecular formula is C17H12N4O4S3. The summed E-state index contributed by atoms with van der Waals surface area (Å²) in [5.41, 5.74) is 0.984. The number of aromatic nitrogens is 1. The number of nitrogens with zero attached hydrogens (tertiary/aromatic N) is 1. The van der Waals surface area contributed by atoms with Crippen molar-refractivity contribution in [2.24, 2.45) is 0 Å². The molecule has 1 saturated heterocycles. The van der Waals surface area contributed by atoms with Crippen LogP contribution in [0.1, 0.15) is 5.76 Å². The summed E-state index contributed by atoms with van der Waals surface area (Å²) in [4.78, 5) is 15.7. The lowest BCUT2D eigenvalue weighted by molar-refractivity contribution is -0.115. The molecule has 1 aliphatic heterocycles. The average molecular weight is 433 g/mol. The Kier molecular flexibility index (Phi) is 4.71. The highest BCUT2D eigenvalue weighted by atomic mass is 32.2. The average Bonchev–Trinajstić information content (AvgIpc) is 3.38. The van der Waals surface area contributed by atoms with Gasteiger partial charge in [-0.3, -0.25) is 14.8 Å². The minimum atomic E-state index is -3.71. The van der Waals surface area contributed by atoms with Gasteiger partial charge in [-0.25, -0.2) is 13.4 Å². The highest BCUT2D eigenvalue weighted by Crippen LogP contribution is 2.26. The third-order valence-corrected chi connectivity index (χ3v) is 6.11. The number of hydrogen-bond donors (Lipinski definition) is 3. The van der Waals surface area contributed by atoms with Crippen LogP contribution in [0.15, 0.2) is 63.0 Å². The molecule has 0 unspecified atom stereocenters. The quantitative estimate of drug-likeness (QED) is 0.419. The summed E-state index contributed by atoms with van der Waals surface area (Å²) in [5, 5.41) is 7.43. The molecule has 8 nitrogen and oxygen atoms in total. The molecule has 0 atom stereocenters. The second kappa shape index (κ2) is 7.19. The van der Waals surface area contributed by atoms with Crippen LogP contribution in [0.25, 0.3) is 17.4 Å². The van der Waals surface area contributed by atoms with Gasteiger partial charge in [0.15, 0.2) is 10.2 Å². The molecule has 11 heteroatoms. The van der Waals surface area contributed by atoms with Crippen molar-refractivity contribution in [1.82, 2.24) is 15.6 Å². The Morgan fingerprint density at radius 1 is 1.14 bits per heavy atom. The first-order valence-corrected chi connectivity index (χ1v) is 10.6. The van der Waals surface area contributed by atoms with Gasteiger partial charge in [-0.15, -0.1) is 11.3 Å². The lowest BCUT2D eigenvalue weighted by Gasteiger charge is -2.05. The van der Waals surface area contributed by atoms with Crippen LogP contribution in [0.4, 0.5) is 5.13 Å². The van der Waals surface area contributed by atoms with E-state index in [2.05, 4.69) is 20.3 Å². The monoisotopic (exact) mass is 432 g/mol. The van der Waals surface area contributed by atoms with Crippen LogP contribution in [0.3, 0.4) is 0 Å². The minimum absolute atomic E-state index is 0.112. The Bertz CT molecular complexity index is 1180. The lowest BCUT2D eigenvalue weighted by Crippen LogP contribution is -2.21. The van der Waals surface area contributed by atoms with E-state index < -0.39 is 10.0 Å². The highest BCUT2D eigenvalue weighted by molar-refractivity contribution is 7.93. The van der Waals surface area contributed by atoms with Crippen LogP contribution in [-0.2, 0) is 14.8 Å². The van der Waals surface area contributed by atoms with Gasteiger partial charge in [-0.2, -0.15) is 0 Å². The maximum absolute atomic E-state index is 12.4. The van der Waals surface area contributed by atoms with Gasteiger partial charge >= 0.3 is 0 Å². The Morgan fingerprint density at radius 3 is 2.57 bits per heavy atom. The van der Waals surface area contributed by atoms with Crippen molar-refractivity contribution in [3.05, 3.63) is 59.4 Å². The Hall–Kier alpha value is -3.02. The number of anilines is 1. The fourth-order valence-electron chi connectivity index (χ4n) is 2.46. The molecule has 0 bridgehead atoms. The van der Waals surface area contributed by atoms with Gasteiger partial charge in [-0.05, 0) is 48.6 Å². The SMILES string of the molecule is O=C1NC(=S)N/C1=C/c1ccc(-c2ccc(S(=O)(=O)Nc3nccs3)cc2)o1. The summed E-state index contributed by atoms with van der Waals surface area (Å²) in [7, 11) is -3.71. The second-order valence-corrected chi connectivity index (χ2v) is 8.62. The van der Waals surface area contributed by atoms with Crippen LogP contribution < -0.4 is 15.4 Å². The fraction of sp³-hybridized carbons (Fsp3) is 0. The molecule has 2 aromatic heterocycles. The topological polar surface area (TPSA) is 113 Å². The Balaban J connectivity index is 1.53. The third kappa shape index (κ3) is 3.81. The van der Waals surface area contributed by atoms with Crippen molar-refractivity contribution in [2.75, 3.05) is 4.72 Å². The molecule has 4 rings (SSSR count). The molecule has 0 radical (unpaired) electrons. The van der Waals surface area contributed by atoms with Crippen LogP contribution in [0, 0.1) is 0 Å². The van der Waals surface area contributed by atoms with Crippen molar-refractivity contribution in [2.45, 2.75) is 4.90 Å². The predicted molar refractivity (Wildman–Crippen MR) is 109 cm³/mol. The van der Waals surface area contributed by atoms with Gasteiger partial charge in [0.1, 0.15) is 17.2 Å². The number of benzene rings is 1. The second-order valence-electron chi connectivity index (χ2n) is 5.64. The zero-order valence-corrected chi connectivity index (χ0v) is 16.5. The van der Waals surface area contributed by atoms with E-state index >= 15 is 0 Å². The maximum Gasteiger partial charge on any atom is 0.274 e. The summed E-state index contributed by atoms with van der Waals surface area (Å²) in [5.74, 6) is 0.661. The Morgan fingerprint density at radius 2 is 1.93 bits per heavy atom. The maximum atomic E-state index is 12.4. The number of carbonyl (C=O) groups excluding carboxylic acids is 1. The number of nitrogens with one attached hydrogen (secondary N) is 3. The standard InChI is InChI=1S/C17H12N4O4S3/c22-15-13(19-16(26)20-15)9-11-3-6-14(25-11)10-1-4-12(5-2-10)28(23,24)21-17-18-7-8-27-17/h1-9H,(H,18,21)(H2,19,20,22,26)/b13-9+. The molecule has 1 fully saturated rings. The molecule has 0 saturated carbocycles. The van der Waals surface area contributed by atoms with Gasteiger partial charge in [0.25, 0.3) is 15.9 Å². The molecule has 28 heavy (non-hydrogen) atoms. The molecule has 1 aliphatic rings. The van der Waals surface area contributed by atoms with Crippen LogP contribution in [0.5, 0.6) is 0 Å². The van der Waals surface area contributed by atoms with Gasteiger partial charge in [0, 0.05) is 23.2 Å². The molecule has 3 aromatic rings. The molecular weight excluding hydrogens is 420 g/mol. The zero-order valence-electron chi connectivity index (χ0n) is 14.0. The van der Waals surface area contributed by atoms with Gasteiger partial charge < -0.3 is 9.73 Å². The molecule has 1 aromatic carbocycles. The first-order chi connectivity index (χ1) is 13.4. The summed E-state index contributed by atoms with van der Waals surface area (Å²) >= 11 is 6.07. The number of sulfonamides is 1. The largest absolute Gasteiger partial charge is 0.457 e. The zero-order chi connectivity index (χ0) is 19.7. The molecule has 0 spiro atoms. The number of thiocarbonyl (C=S) groups is 1. The number of furan rings is 1. The van der Waals surface area contributed by atoms with Crippen LogP contribution in [-0.4, -0.2) is 24.4 Å². The number of amides is 1.